The Hall–Kier alpha value is -3.31. The van der Waals surface area contributed by atoms with Crippen LogP contribution < -0.4 is 26.0 Å². The number of carbonyl (C=O) groups is 1. The zero-order chi connectivity index (χ0) is 35.7. The summed E-state index contributed by atoms with van der Waals surface area (Å²) in [6.45, 7) is 10.9. The van der Waals surface area contributed by atoms with Crippen molar-refractivity contribution in [2.24, 2.45) is 34.8 Å². The van der Waals surface area contributed by atoms with Crippen molar-refractivity contribution in [3.8, 4) is 16.9 Å². The molecule has 2 heterocycles. The van der Waals surface area contributed by atoms with Crippen molar-refractivity contribution in [2.75, 3.05) is 39.3 Å². The molecule has 10 heteroatoms. The number of carbonyl (C=O) groups excluding carboxylic acids is 1. The number of hydroxylamine groups is 2. The predicted octanol–water partition coefficient (Wildman–Crippen LogP) is 5.19. The third-order valence-corrected chi connectivity index (χ3v) is 12.3. The van der Waals surface area contributed by atoms with E-state index >= 15 is 0 Å². The summed E-state index contributed by atoms with van der Waals surface area (Å²) in [5.74, 6) is 3.17. The molecule has 0 unspecified atom stereocenters. The molecule has 10 nitrogen and oxygen atoms in total. The summed E-state index contributed by atoms with van der Waals surface area (Å²) >= 11 is 0. The zero-order valence-corrected chi connectivity index (χ0v) is 31.1. The van der Waals surface area contributed by atoms with Gasteiger partial charge < -0.3 is 35.8 Å². The Bertz CT molecular complexity index is 1530. The van der Waals surface area contributed by atoms with Crippen molar-refractivity contribution >= 4 is 11.6 Å². The fourth-order valence-electron chi connectivity index (χ4n) is 9.24. The van der Waals surface area contributed by atoms with Crippen molar-refractivity contribution in [3.63, 3.8) is 0 Å². The number of para-hydroxylation sites is 1. The number of nitrogens with zero attached hydrogens (tertiary/aromatic N) is 2. The maximum atomic E-state index is 13.7. The second-order valence-electron chi connectivity index (χ2n) is 15.9. The number of methoxy groups -OCH3 is 1. The Balaban J connectivity index is 1.23. The van der Waals surface area contributed by atoms with E-state index in [-0.39, 0.29) is 36.9 Å². The minimum atomic E-state index is -0.696. The summed E-state index contributed by atoms with van der Waals surface area (Å²) in [6.07, 6.45) is 5.42. The molecule has 2 saturated heterocycles. The molecule has 0 aromatic heterocycles. The van der Waals surface area contributed by atoms with Gasteiger partial charge in [0.15, 0.2) is 0 Å². The molecule has 2 aromatic carbocycles. The number of hydrogen-bond acceptors (Lipinski definition) is 9. The van der Waals surface area contributed by atoms with Gasteiger partial charge in [-0.15, -0.1) is 0 Å². The standard InChI is InChI=1S/C40H59N5O5/c1-24-33-17-29(40(33,3)4)18-34(24)43-37(47)19-35-38(25(2)46)36(20-41)50-45(35)23-27-10-8-12-32(39(27)48-7)28-14-26(15-30(16-28)44(5)6)21-42-22-31-11-9-13-49-31/h8,10,12,14-16,22,24-25,29,33-36,38,42,46H,9,11,13,17-21,23,41H2,1-7H3,(H,43,47)/b31-22-/t24-,25-,29+,33-,34-,35+,36-,38-/m0/s1. The Morgan fingerprint density at radius 3 is 2.68 bits per heavy atom. The zero-order valence-electron chi connectivity index (χ0n) is 31.1. The molecule has 5 aliphatic rings. The van der Waals surface area contributed by atoms with E-state index < -0.39 is 12.2 Å². The van der Waals surface area contributed by atoms with E-state index in [1.54, 1.807) is 14.0 Å². The first-order chi connectivity index (χ1) is 23.9. The first kappa shape index (κ1) is 36.5. The van der Waals surface area contributed by atoms with Gasteiger partial charge in [-0.25, -0.2) is 0 Å². The second kappa shape index (κ2) is 15.1. The van der Waals surface area contributed by atoms with Gasteiger partial charge >= 0.3 is 0 Å². The summed E-state index contributed by atoms with van der Waals surface area (Å²) in [5, 5.41) is 19.7. The summed E-state index contributed by atoms with van der Waals surface area (Å²) in [6, 6.07) is 12.5. The van der Waals surface area contributed by atoms with Gasteiger partial charge in [0.2, 0.25) is 5.91 Å². The maximum absolute atomic E-state index is 13.7. The van der Waals surface area contributed by atoms with Crippen molar-refractivity contribution in [1.82, 2.24) is 15.7 Å². The van der Waals surface area contributed by atoms with Gasteiger partial charge in [-0.05, 0) is 78.7 Å². The van der Waals surface area contributed by atoms with Crippen molar-refractivity contribution < 1.29 is 24.2 Å². The van der Waals surface area contributed by atoms with E-state index in [0.717, 1.165) is 65.3 Å². The fourth-order valence-corrected chi connectivity index (χ4v) is 9.24. The number of benzene rings is 2. The van der Waals surface area contributed by atoms with Gasteiger partial charge in [0.05, 0.1) is 38.5 Å². The van der Waals surface area contributed by atoms with Crippen LogP contribution in [0.15, 0.2) is 48.4 Å². The molecule has 1 amide bonds. The Morgan fingerprint density at radius 1 is 1.24 bits per heavy atom. The number of allylic oxidation sites excluding steroid dienone is 1. The average Bonchev–Trinajstić information content (AvgIpc) is 3.73. The van der Waals surface area contributed by atoms with Gasteiger partial charge in [-0.2, -0.15) is 5.06 Å². The topological polar surface area (TPSA) is 122 Å². The summed E-state index contributed by atoms with van der Waals surface area (Å²) in [5.41, 5.74) is 11.7. The van der Waals surface area contributed by atoms with Gasteiger partial charge in [-0.3, -0.25) is 9.63 Å². The van der Waals surface area contributed by atoms with Crippen LogP contribution in [-0.2, 0) is 27.5 Å². The Labute approximate surface area is 298 Å². The van der Waals surface area contributed by atoms with Crippen LogP contribution in [0, 0.1) is 29.1 Å². The number of ether oxygens (including phenoxy) is 2. The lowest BCUT2D eigenvalue weighted by atomic mass is 9.45. The molecule has 7 rings (SSSR count). The Kier molecular flexibility index (Phi) is 11.0. The van der Waals surface area contributed by atoms with Crippen molar-refractivity contribution in [3.05, 3.63) is 59.5 Å². The minimum Gasteiger partial charge on any atom is -0.496 e. The smallest absolute Gasteiger partial charge is 0.221 e. The highest BCUT2D eigenvalue weighted by atomic mass is 16.7. The monoisotopic (exact) mass is 689 g/mol. The number of hydrogen-bond donors (Lipinski definition) is 4. The molecule has 5 fully saturated rings. The largest absolute Gasteiger partial charge is 0.496 e. The molecule has 0 radical (unpaired) electrons. The molecule has 50 heavy (non-hydrogen) atoms. The minimum absolute atomic E-state index is 0.000344. The van der Waals surface area contributed by atoms with Gasteiger partial charge in [0.25, 0.3) is 0 Å². The molecular weight excluding hydrogens is 630 g/mol. The molecular formula is C40H59N5O5. The molecule has 5 N–H and O–H groups in total. The SMILES string of the molecule is COc1c(CN2O[C@@H](CN)[C@@H]([C@H](C)O)[C@H]2CC(=O)N[C@H]2C[C@H]3C[C@@H]([C@@H]2C)C3(C)C)cccc1-c1cc(CN/C=C2/CCCO2)cc(N(C)C)c1. The number of rotatable bonds is 13. The molecule has 3 saturated carbocycles. The van der Waals surface area contributed by atoms with Gasteiger partial charge in [0, 0.05) is 75.0 Å². The lowest BCUT2D eigenvalue weighted by Gasteiger charge is -2.62. The highest BCUT2D eigenvalue weighted by molar-refractivity contribution is 5.77. The van der Waals surface area contributed by atoms with E-state index in [1.165, 1.54) is 6.42 Å². The molecule has 2 aliphatic heterocycles. The molecule has 2 bridgehead atoms. The van der Waals surface area contributed by atoms with E-state index in [0.29, 0.717) is 36.3 Å². The normalized spacial score (nSPS) is 30.0. The van der Waals surface area contributed by atoms with Crippen LogP contribution in [0.2, 0.25) is 0 Å². The maximum Gasteiger partial charge on any atom is 0.221 e. The van der Waals surface area contributed by atoms with E-state index in [9.17, 15) is 9.90 Å². The van der Waals surface area contributed by atoms with Crippen LogP contribution in [0.25, 0.3) is 11.1 Å². The van der Waals surface area contributed by atoms with Crippen LogP contribution in [0.3, 0.4) is 0 Å². The first-order valence-corrected chi connectivity index (χ1v) is 18.5. The molecule has 0 spiro atoms. The number of amides is 1. The summed E-state index contributed by atoms with van der Waals surface area (Å²) in [4.78, 5) is 22.3. The summed E-state index contributed by atoms with van der Waals surface area (Å²) < 4.78 is 11.8. The number of anilines is 1. The van der Waals surface area contributed by atoms with Crippen LogP contribution in [0.1, 0.15) is 70.9 Å². The van der Waals surface area contributed by atoms with Crippen LogP contribution >= 0.6 is 0 Å². The van der Waals surface area contributed by atoms with Crippen LogP contribution in [-0.4, -0.2) is 74.7 Å². The number of aliphatic hydroxyl groups excluding tert-OH is 1. The van der Waals surface area contributed by atoms with Crippen molar-refractivity contribution in [2.45, 2.75) is 97.2 Å². The van der Waals surface area contributed by atoms with Crippen LogP contribution in [0.5, 0.6) is 5.75 Å². The lowest BCUT2D eigenvalue weighted by molar-refractivity contribution is -0.170. The average molecular weight is 690 g/mol. The fraction of sp³-hybridized carbons (Fsp3) is 0.625. The lowest BCUT2D eigenvalue weighted by Crippen LogP contribution is -2.61. The Morgan fingerprint density at radius 2 is 2.04 bits per heavy atom. The van der Waals surface area contributed by atoms with E-state index in [1.807, 2.05) is 37.5 Å². The molecule has 274 valence electrons. The molecule has 8 atom stereocenters. The number of nitrogens with two attached hydrogens (primary N) is 1. The van der Waals surface area contributed by atoms with Gasteiger partial charge in [-0.1, -0.05) is 39.0 Å². The molecule has 2 aromatic rings. The highest BCUT2D eigenvalue weighted by Gasteiger charge is 2.56. The first-order valence-electron chi connectivity index (χ1n) is 18.5. The van der Waals surface area contributed by atoms with Gasteiger partial charge in [0.1, 0.15) is 11.5 Å². The number of nitrogens with one attached hydrogen (secondary N) is 2. The third kappa shape index (κ3) is 7.36. The van der Waals surface area contributed by atoms with Crippen molar-refractivity contribution in [1.29, 1.82) is 0 Å². The predicted molar refractivity (Wildman–Crippen MR) is 197 cm³/mol. The highest BCUT2D eigenvalue weighted by Crippen LogP contribution is 2.61. The quantitative estimate of drug-likeness (QED) is 0.225. The van der Waals surface area contributed by atoms with Crippen LogP contribution in [0.4, 0.5) is 5.69 Å². The number of fused-ring (bicyclic) bond motifs is 2. The second-order valence-corrected chi connectivity index (χ2v) is 15.9. The molecule has 3 aliphatic carbocycles. The summed E-state index contributed by atoms with van der Waals surface area (Å²) in [7, 11) is 5.79. The van der Waals surface area contributed by atoms with E-state index in [2.05, 4.69) is 60.6 Å². The third-order valence-electron chi connectivity index (χ3n) is 12.3. The van der Waals surface area contributed by atoms with E-state index in [4.69, 9.17) is 20.0 Å². The number of aliphatic hydroxyl groups is 1.